The van der Waals surface area contributed by atoms with Crippen molar-refractivity contribution in [3.8, 4) is 11.3 Å². The first-order valence-corrected chi connectivity index (χ1v) is 7.31. The first-order valence-electron chi connectivity index (χ1n) is 7.31. The van der Waals surface area contributed by atoms with E-state index in [9.17, 15) is 9.90 Å². The Balaban J connectivity index is 1.95. The number of piperidine rings is 1. The van der Waals surface area contributed by atoms with Crippen LogP contribution in [0.15, 0.2) is 41.0 Å². The second-order valence-corrected chi connectivity index (χ2v) is 5.68. The number of hydrogen-bond donors (Lipinski definition) is 1. The van der Waals surface area contributed by atoms with Crippen LogP contribution < -0.4 is 4.90 Å². The van der Waals surface area contributed by atoms with E-state index in [2.05, 4.69) is 11.8 Å². The fourth-order valence-electron chi connectivity index (χ4n) is 2.83. The van der Waals surface area contributed by atoms with Crippen LogP contribution in [0.2, 0.25) is 0 Å². The minimum atomic E-state index is -0.892. The number of hydrogen-bond acceptors (Lipinski definition) is 3. The van der Waals surface area contributed by atoms with Crippen LogP contribution in [0.1, 0.15) is 30.1 Å². The van der Waals surface area contributed by atoms with Gasteiger partial charge in [-0.2, -0.15) is 0 Å². The smallest absolute Gasteiger partial charge is 0.337 e. The Morgan fingerprint density at radius 1 is 1.29 bits per heavy atom. The maximum atomic E-state index is 11.6. The molecule has 21 heavy (non-hydrogen) atoms. The van der Waals surface area contributed by atoms with E-state index in [0.29, 0.717) is 11.3 Å². The van der Waals surface area contributed by atoms with Crippen LogP contribution in [0, 0.1) is 5.92 Å². The number of aromatic carboxylic acids is 1. The molecule has 0 aliphatic carbocycles. The fourth-order valence-corrected chi connectivity index (χ4v) is 2.83. The molecule has 0 atom stereocenters. The third-order valence-corrected chi connectivity index (χ3v) is 4.16. The van der Waals surface area contributed by atoms with E-state index in [4.69, 9.17) is 4.42 Å². The van der Waals surface area contributed by atoms with E-state index in [1.165, 1.54) is 0 Å². The minimum absolute atomic E-state index is 0.346. The summed E-state index contributed by atoms with van der Waals surface area (Å²) in [6.07, 6.45) is 3.81. The zero-order valence-corrected chi connectivity index (χ0v) is 12.1. The summed E-state index contributed by atoms with van der Waals surface area (Å²) in [5, 5.41) is 9.51. The van der Waals surface area contributed by atoms with E-state index in [0.717, 1.165) is 43.1 Å². The predicted octanol–water partition coefficient (Wildman–Crippen LogP) is 3.88. The molecule has 0 radical (unpaired) electrons. The molecule has 1 aromatic heterocycles. The lowest BCUT2D eigenvalue weighted by molar-refractivity contribution is 0.0697. The van der Waals surface area contributed by atoms with Crippen LogP contribution in [0.5, 0.6) is 0 Å². The van der Waals surface area contributed by atoms with Crippen LogP contribution in [0.4, 0.5) is 5.69 Å². The lowest BCUT2D eigenvalue weighted by Crippen LogP contribution is -2.33. The molecule has 2 heterocycles. The number of furan rings is 1. The Morgan fingerprint density at radius 2 is 2.05 bits per heavy atom. The van der Waals surface area contributed by atoms with Crippen molar-refractivity contribution < 1.29 is 14.3 Å². The second-order valence-electron chi connectivity index (χ2n) is 5.68. The molecule has 1 aliphatic rings. The number of anilines is 1. The van der Waals surface area contributed by atoms with Gasteiger partial charge in [-0.3, -0.25) is 0 Å². The van der Waals surface area contributed by atoms with Crippen molar-refractivity contribution >= 4 is 11.7 Å². The van der Waals surface area contributed by atoms with Gasteiger partial charge in [0, 0.05) is 18.7 Å². The van der Waals surface area contributed by atoms with Gasteiger partial charge in [0.1, 0.15) is 5.76 Å². The summed E-state index contributed by atoms with van der Waals surface area (Å²) in [5.41, 5.74) is 1.95. The quantitative estimate of drug-likeness (QED) is 0.929. The Hall–Kier alpha value is -2.23. The molecule has 1 saturated heterocycles. The highest BCUT2D eigenvalue weighted by molar-refractivity contribution is 5.96. The average Bonchev–Trinajstić information content (AvgIpc) is 3.02. The molecule has 1 aromatic carbocycles. The normalized spacial score (nSPS) is 16.1. The van der Waals surface area contributed by atoms with Crippen molar-refractivity contribution in [1.29, 1.82) is 0 Å². The first-order chi connectivity index (χ1) is 10.1. The highest BCUT2D eigenvalue weighted by Gasteiger charge is 2.21. The van der Waals surface area contributed by atoms with Crippen LogP contribution in [0.3, 0.4) is 0 Å². The van der Waals surface area contributed by atoms with Crippen LogP contribution in [-0.2, 0) is 0 Å². The third-order valence-electron chi connectivity index (χ3n) is 4.16. The van der Waals surface area contributed by atoms with Gasteiger partial charge < -0.3 is 14.4 Å². The van der Waals surface area contributed by atoms with Crippen molar-refractivity contribution in [2.24, 2.45) is 5.92 Å². The van der Waals surface area contributed by atoms with Gasteiger partial charge in [0.15, 0.2) is 0 Å². The molecule has 1 fully saturated rings. The highest BCUT2D eigenvalue weighted by atomic mass is 16.4. The van der Waals surface area contributed by atoms with Crippen molar-refractivity contribution in [3.05, 3.63) is 42.2 Å². The number of carboxylic acid groups (broad SMARTS) is 1. The summed E-state index contributed by atoms with van der Waals surface area (Å²) in [7, 11) is 0. The molecule has 4 nitrogen and oxygen atoms in total. The maximum Gasteiger partial charge on any atom is 0.337 e. The van der Waals surface area contributed by atoms with Crippen LogP contribution in [0.25, 0.3) is 11.3 Å². The maximum absolute atomic E-state index is 11.6. The van der Waals surface area contributed by atoms with Gasteiger partial charge in [-0.05, 0) is 49.1 Å². The van der Waals surface area contributed by atoms with Crippen molar-refractivity contribution in [2.75, 3.05) is 18.0 Å². The van der Waals surface area contributed by atoms with Crippen LogP contribution >= 0.6 is 0 Å². The standard InChI is InChI=1S/C17H19NO3/c1-12-6-8-18(9-7-12)15-5-4-13(11-14(15)17(19)20)16-3-2-10-21-16/h2-5,10-12H,6-9H2,1H3,(H,19,20). The number of carbonyl (C=O) groups is 1. The molecule has 0 bridgehead atoms. The molecule has 1 aliphatic heterocycles. The molecule has 4 heteroatoms. The molecule has 0 saturated carbocycles. The summed E-state index contributed by atoms with van der Waals surface area (Å²) in [5.74, 6) is 0.519. The molecule has 1 N–H and O–H groups in total. The lowest BCUT2D eigenvalue weighted by atomic mass is 9.97. The molecule has 0 spiro atoms. The van der Waals surface area contributed by atoms with E-state index >= 15 is 0 Å². The second kappa shape index (κ2) is 5.64. The van der Waals surface area contributed by atoms with E-state index < -0.39 is 5.97 Å². The van der Waals surface area contributed by atoms with Gasteiger partial charge in [-0.15, -0.1) is 0 Å². The van der Waals surface area contributed by atoms with E-state index in [1.807, 2.05) is 18.2 Å². The monoisotopic (exact) mass is 285 g/mol. The number of nitrogens with zero attached hydrogens (tertiary/aromatic N) is 1. The Kier molecular flexibility index (Phi) is 3.69. The third kappa shape index (κ3) is 2.79. The predicted molar refractivity (Wildman–Crippen MR) is 81.7 cm³/mol. The summed E-state index contributed by atoms with van der Waals surface area (Å²) >= 11 is 0. The molecule has 0 amide bonds. The molecular formula is C17H19NO3. The van der Waals surface area contributed by atoms with Gasteiger partial charge in [-0.25, -0.2) is 4.79 Å². The molecular weight excluding hydrogens is 266 g/mol. The molecule has 0 unspecified atom stereocenters. The summed E-state index contributed by atoms with van der Waals surface area (Å²) in [4.78, 5) is 13.8. The highest BCUT2D eigenvalue weighted by Crippen LogP contribution is 2.30. The van der Waals surface area contributed by atoms with Gasteiger partial charge in [0.05, 0.1) is 17.5 Å². The van der Waals surface area contributed by atoms with Gasteiger partial charge >= 0.3 is 5.97 Å². The van der Waals surface area contributed by atoms with E-state index in [1.54, 1.807) is 18.4 Å². The topological polar surface area (TPSA) is 53.7 Å². The van der Waals surface area contributed by atoms with Gasteiger partial charge in [0.2, 0.25) is 0 Å². The van der Waals surface area contributed by atoms with Gasteiger partial charge in [0.25, 0.3) is 0 Å². The zero-order chi connectivity index (χ0) is 14.8. The zero-order valence-electron chi connectivity index (χ0n) is 12.1. The number of rotatable bonds is 3. The lowest BCUT2D eigenvalue weighted by Gasteiger charge is -2.33. The van der Waals surface area contributed by atoms with Gasteiger partial charge in [-0.1, -0.05) is 6.92 Å². The fraction of sp³-hybridized carbons (Fsp3) is 0.353. The molecule has 2 aromatic rings. The summed E-state index contributed by atoms with van der Waals surface area (Å²) in [6, 6.07) is 9.17. The van der Waals surface area contributed by atoms with Crippen LogP contribution in [-0.4, -0.2) is 24.2 Å². The molecule has 3 rings (SSSR count). The Labute approximate surface area is 124 Å². The SMILES string of the molecule is CC1CCN(c2ccc(-c3ccco3)cc2C(=O)O)CC1. The first kappa shape index (κ1) is 13.7. The number of carboxylic acids is 1. The average molecular weight is 285 g/mol. The van der Waals surface area contributed by atoms with Crippen molar-refractivity contribution in [3.63, 3.8) is 0 Å². The largest absolute Gasteiger partial charge is 0.478 e. The Morgan fingerprint density at radius 3 is 2.67 bits per heavy atom. The summed E-state index contributed by atoms with van der Waals surface area (Å²) in [6.45, 7) is 4.08. The Bertz CT molecular complexity index is 625. The van der Waals surface area contributed by atoms with E-state index in [-0.39, 0.29) is 0 Å². The minimum Gasteiger partial charge on any atom is -0.478 e. The van der Waals surface area contributed by atoms with Crippen molar-refractivity contribution in [1.82, 2.24) is 0 Å². The molecule has 110 valence electrons. The van der Waals surface area contributed by atoms with Crippen molar-refractivity contribution in [2.45, 2.75) is 19.8 Å². The number of benzene rings is 1. The summed E-state index contributed by atoms with van der Waals surface area (Å²) < 4.78 is 5.35.